The number of aliphatic hydroxyl groups excluding tert-OH is 1. The summed E-state index contributed by atoms with van der Waals surface area (Å²) in [6.07, 6.45) is 2.07. The minimum absolute atomic E-state index is 0.00169. The Kier molecular flexibility index (Phi) is 4.56. The number of hydrogen-bond donors (Lipinski definition) is 4. The number of hydrogen-bond acceptors (Lipinski definition) is 8. The number of rotatable bonds is 8. The van der Waals surface area contributed by atoms with Crippen LogP contribution in [-0.4, -0.2) is 46.3 Å². The number of aromatic nitrogens is 3. The number of anilines is 3. The van der Waals surface area contributed by atoms with Crippen LogP contribution in [0, 0.1) is 5.41 Å². The fraction of sp³-hybridized carbons (Fsp3) is 0.750. The minimum atomic E-state index is -0.00169. The van der Waals surface area contributed by atoms with Gasteiger partial charge in [-0.3, -0.25) is 5.43 Å². The minimum Gasteiger partial charge on any atom is -0.396 e. The van der Waals surface area contributed by atoms with Crippen molar-refractivity contribution in [3.63, 3.8) is 0 Å². The highest BCUT2D eigenvalue weighted by atomic mass is 16.3. The van der Waals surface area contributed by atoms with Crippen LogP contribution in [0.5, 0.6) is 0 Å². The lowest BCUT2D eigenvalue weighted by Crippen LogP contribution is -2.27. The molecule has 1 aliphatic carbocycles. The van der Waals surface area contributed by atoms with E-state index in [0.29, 0.717) is 24.4 Å². The Balaban J connectivity index is 2.13. The van der Waals surface area contributed by atoms with Gasteiger partial charge in [0.05, 0.1) is 6.61 Å². The van der Waals surface area contributed by atoms with Gasteiger partial charge in [0.1, 0.15) is 0 Å². The van der Waals surface area contributed by atoms with Crippen molar-refractivity contribution in [1.29, 1.82) is 0 Å². The topological polar surface area (TPSA) is 112 Å². The summed E-state index contributed by atoms with van der Waals surface area (Å²) in [6, 6.07) is 0. The van der Waals surface area contributed by atoms with Crippen LogP contribution in [-0.2, 0) is 0 Å². The van der Waals surface area contributed by atoms with E-state index in [4.69, 9.17) is 5.84 Å². The summed E-state index contributed by atoms with van der Waals surface area (Å²) in [7, 11) is 0. The summed E-state index contributed by atoms with van der Waals surface area (Å²) in [5, 5.41) is 12.5. The second-order valence-corrected chi connectivity index (χ2v) is 5.11. The molecule has 8 nitrogen and oxygen atoms in total. The first-order chi connectivity index (χ1) is 9.66. The van der Waals surface area contributed by atoms with E-state index in [-0.39, 0.29) is 12.0 Å². The molecule has 0 spiro atoms. The third kappa shape index (κ3) is 3.26. The van der Waals surface area contributed by atoms with E-state index < -0.39 is 0 Å². The van der Waals surface area contributed by atoms with Crippen molar-refractivity contribution in [2.75, 3.05) is 41.9 Å². The maximum atomic E-state index is 9.32. The standard InChI is InChI=1S/C12H23N7O/c1-3-19(4-2)11-16-9(15-10(17-11)18-13)14-7-12(8-20)5-6-12/h20H,3-8,13H2,1-2H3,(H2,14,15,16,17,18). The molecule has 1 aliphatic rings. The Morgan fingerprint density at radius 3 is 2.35 bits per heavy atom. The Morgan fingerprint density at radius 1 is 1.20 bits per heavy atom. The summed E-state index contributed by atoms with van der Waals surface area (Å²) >= 11 is 0. The van der Waals surface area contributed by atoms with E-state index >= 15 is 0 Å². The van der Waals surface area contributed by atoms with Crippen LogP contribution in [0.4, 0.5) is 17.8 Å². The molecule has 1 saturated carbocycles. The summed E-state index contributed by atoms with van der Waals surface area (Å²) in [5.74, 6) is 6.81. The molecule has 0 radical (unpaired) electrons. The van der Waals surface area contributed by atoms with Crippen LogP contribution in [0.25, 0.3) is 0 Å². The average molecular weight is 281 g/mol. The van der Waals surface area contributed by atoms with Crippen molar-refractivity contribution >= 4 is 17.8 Å². The van der Waals surface area contributed by atoms with Gasteiger partial charge in [0.15, 0.2) is 0 Å². The fourth-order valence-electron chi connectivity index (χ4n) is 1.99. The van der Waals surface area contributed by atoms with E-state index in [2.05, 4.69) is 25.7 Å². The Morgan fingerprint density at radius 2 is 1.85 bits per heavy atom. The molecule has 0 amide bonds. The van der Waals surface area contributed by atoms with Gasteiger partial charge >= 0.3 is 0 Å². The number of nitrogen functional groups attached to an aromatic ring is 1. The predicted molar refractivity (Wildman–Crippen MR) is 78.4 cm³/mol. The van der Waals surface area contributed by atoms with Crippen LogP contribution in [0.2, 0.25) is 0 Å². The summed E-state index contributed by atoms with van der Waals surface area (Å²) in [5.41, 5.74) is 2.46. The lowest BCUT2D eigenvalue weighted by Gasteiger charge is -2.20. The Bertz CT molecular complexity index is 445. The zero-order valence-electron chi connectivity index (χ0n) is 12.1. The molecule has 112 valence electrons. The molecule has 0 atom stereocenters. The highest BCUT2D eigenvalue weighted by Crippen LogP contribution is 2.44. The molecule has 1 heterocycles. The Hall–Kier alpha value is -1.67. The summed E-state index contributed by atoms with van der Waals surface area (Å²) < 4.78 is 0. The van der Waals surface area contributed by atoms with E-state index in [9.17, 15) is 5.11 Å². The van der Waals surface area contributed by atoms with E-state index in [1.807, 2.05) is 18.7 Å². The Labute approximate surface area is 118 Å². The molecule has 1 aromatic rings. The van der Waals surface area contributed by atoms with Crippen LogP contribution in [0.15, 0.2) is 0 Å². The van der Waals surface area contributed by atoms with Crippen molar-refractivity contribution in [2.45, 2.75) is 26.7 Å². The van der Waals surface area contributed by atoms with Crippen molar-refractivity contribution in [3.05, 3.63) is 0 Å². The molecule has 8 heteroatoms. The third-order valence-corrected chi connectivity index (χ3v) is 3.71. The summed E-state index contributed by atoms with van der Waals surface area (Å²) in [6.45, 7) is 6.56. The number of nitrogens with two attached hydrogens (primary N) is 1. The smallest absolute Gasteiger partial charge is 0.243 e. The first-order valence-electron chi connectivity index (χ1n) is 6.98. The van der Waals surface area contributed by atoms with Gasteiger partial charge in [0.25, 0.3) is 0 Å². The van der Waals surface area contributed by atoms with E-state index in [1.165, 1.54) is 0 Å². The van der Waals surface area contributed by atoms with Crippen LogP contribution >= 0.6 is 0 Å². The van der Waals surface area contributed by atoms with Gasteiger partial charge in [-0.25, -0.2) is 5.84 Å². The van der Waals surface area contributed by atoms with Gasteiger partial charge in [-0.05, 0) is 26.7 Å². The molecule has 1 fully saturated rings. The van der Waals surface area contributed by atoms with E-state index in [1.54, 1.807) is 0 Å². The third-order valence-electron chi connectivity index (χ3n) is 3.71. The van der Waals surface area contributed by atoms with Gasteiger partial charge in [-0.15, -0.1) is 0 Å². The number of hydrazine groups is 1. The molecule has 0 bridgehead atoms. The second-order valence-electron chi connectivity index (χ2n) is 5.11. The van der Waals surface area contributed by atoms with Gasteiger partial charge in [0, 0.05) is 25.0 Å². The lowest BCUT2D eigenvalue weighted by molar-refractivity contribution is 0.219. The molecule has 0 aromatic carbocycles. The first kappa shape index (κ1) is 14.7. The normalized spacial score (nSPS) is 15.8. The summed E-state index contributed by atoms with van der Waals surface area (Å²) in [4.78, 5) is 14.9. The van der Waals surface area contributed by atoms with Gasteiger partial charge < -0.3 is 15.3 Å². The molecular weight excluding hydrogens is 258 g/mol. The fourth-order valence-corrected chi connectivity index (χ4v) is 1.99. The van der Waals surface area contributed by atoms with Gasteiger partial charge in [-0.1, -0.05) is 0 Å². The molecule has 0 aliphatic heterocycles. The molecular formula is C12H23N7O. The van der Waals surface area contributed by atoms with Crippen molar-refractivity contribution < 1.29 is 5.11 Å². The SMILES string of the molecule is CCN(CC)c1nc(NN)nc(NCC2(CO)CC2)n1. The molecule has 2 rings (SSSR count). The lowest BCUT2D eigenvalue weighted by atomic mass is 10.1. The van der Waals surface area contributed by atoms with Gasteiger partial charge in [0.2, 0.25) is 17.8 Å². The first-order valence-corrected chi connectivity index (χ1v) is 6.98. The highest BCUT2D eigenvalue weighted by Gasteiger charge is 2.41. The maximum Gasteiger partial charge on any atom is 0.243 e. The van der Waals surface area contributed by atoms with E-state index in [0.717, 1.165) is 25.9 Å². The number of aliphatic hydroxyl groups is 1. The highest BCUT2D eigenvalue weighted by molar-refractivity contribution is 5.43. The van der Waals surface area contributed by atoms with Crippen LogP contribution in [0.1, 0.15) is 26.7 Å². The predicted octanol–water partition coefficient (Wildman–Crippen LogP) is 0.188. The largest absolute Gasteiger partial charge is 0.396 e. The maximum absolute atomic E-state index is 9.32. The van der Waals surface area contributed by atoms with Crippen LogP contribution in [0.3, 0.4) is 0 Å². The zero-order valence-corrected chi connectivity index (χ0v) is 12.1. The number of nitrogens with one attached hydrogen (secondary N) is 2. The molecule has 20 heavy (non-hydrogen) atoms. The van der Waals surface area contributed by atoms with Crippen LogP contribution < -0.4 is 21.5 Å². The molecule has 1 aromatic heterocycles. The van der Waals surface area contributed by atoms with Crippen molar-refractivity contribution in [3.8, 4) is 0 Å². The zero-order chi connectivity index (χ0) is 14.6. The monoisotopic (exact) mass is 281 g/mol. The molecule has 5 N–H and O–H groups in total. The van der Waals surface area contributed by atoms with Crippen molar-refractivity contribution in [1.82, 2.24) is 15.0 Å². The molecule has 0 unspecified atom stereocenters. The van der Waals surface area contributed by atoms with Crippen molar-refractivity contribution in [2.24, 2.45) is 11.3 Å². The quantitative estimate of drug-likeness (QED) is 0.394. The molecule has 0 saturated heterocycles. The number of nitrogens with zero attached hydrogens (tertiary/aromatic N) is 4. The average Bonchev–Trinajstić information content (AvgIpc) is 3.27. The van der Waals surface area contributed by atoms with Gasteiger partial charge in [-0.2, -0.15) is 15.0 Å². The second kappa shape index (κ2) is 6.19.